The number of likely N-dealkylation sites (N-methyl/N-ethyl adjacent to an activating group) is 1. The maximum atomic E-state index is 13.2. The van der Waals surface area contributed by atoms with Gasteiger partial charge in [0.15, 0.2) is 0 Å². The van der Waals surface area contributed by atoms with Crippen LogP contribution in [0.1, 0.15) is 69.7 Å². The fourth-order valence-electron chi connectivity index (χ4n) is 8.56. The second-order valence-electron chi connectivity index (χ2n) is 11.6. The normalized spacial score (nSPS) is 39.8. The fourth-order valence-corrected chi connectivity index (χ4v) is 8.56. The molecule has 0 bridgehead atoms. The van der Waals surface area contributed by atoms with Crippen LogP contribution in [-0.4, -0.2) is 33.9 Å². The summed E-state index contributed by atoms with van der Waals surface area (Å²) in [5, 5.41) is 0. The first kappa shape index (κ1) is 22.2. The highest BCUT2D eigenvalue weighted by atomic mass is 19.4. The third-order valence-electron chi connectivity index (χ3n) is 10.3. The first-order valence-electron chi connectivity index (χ1n) is 12.6. The zero-order chi connectivity index (χ0) is 24.0. The molecule has 1 aliphatic heterocycles. The molecule has 7 atom stereocenters. The molecule has 3 fully saturated rings. The quantitative estimate of drug-likeness (QED) is 0.530. The van der Waals surface area contributed by atoms with Crippen molar-refractivity contribution in [1.82, 2.24) is 14.9 Å². The minimum Gasteiger partial charge on any atom is -0.342 e. The average molecular weight is 472 g/mol. The number of amides is 1. The van der Waals surface area contributed by atoms with Crippen LogP contribution >= 0.6 is 0 Å². The zero-order valence-electron chi connectivity index (χ0n) is 20.0. The highest BCUT2D eigenvalue weighted by Crippen LogP contribution is 2.67. The van der Waals surface area contributed by atoms with E-state index in [1.165, 1.54) is 12.1 Å². The number of H-pyrrole nitrogens is 1. The van der Waals surface area contributed by atoms with Crippen molar-refractivity contribution in [3.05, 3.63) is 41.7 Å². The summed E-state index contributed by atoms with van der Waals surface area (Å²) in [4.78, 5) is 22.3. The van der Waals surface area contributed by atoms with Crippen LogP contribution in [0.5, 0.6) is 0 Å². The molecule has 2 heterocycles. The molecular formula is C27H32F3N3O. The predicted molar refractivity (Wildman–Crippen MR) is 124 cm³/mol. The second kappa shape index (κ2) is 7.11. The van der Waals surface area contributed by atoms with E-state index in [2.05, 4.69) is 24.9 Å². The molecule has 1 N–H and O–H groups in total. The lowest BCUT2D eigenvalue weighted by Crippen LogP contribution is -2.59. The summed E-state index contributed by atoms with van der Waals surface area (Å²) < 4.78 is 39.6. The van der Waals surface area contributed by atoms with E-state index >= 15 is 0 Å². The van der Waals surface area contributed by atoms with Crippen molar-refractivity contribution in [2.45, 2.75) is 70.5 Å². The molecule has 3 aliphatic carbocycles. The smallest absolute Gasteiger partial charge is 0.342 e. The predicted octanol–water partition coefficient (Wildman–Crippen LogP) is 6.30. The van der Waals surface area contributed by atoms with Gasteiger partial charge in [0, 0.05) is 24.4 Å². The van der Waals surface area contributed by atoms with E-state index in [1.807, 2.05) is 11.9 Å². The standard InChI is InChI=1S/C27H32F3N3O/c1-25-12-10-18-16(5-9-22-26(18,2)13-11-23(34)33(22)3)17(25)6-7-19(25)24-31-20-8-4-15(27(28,29)30)14-21(20)32-24/h4,8,11,13-14,16-19,22H,5-7,9-10,12H2,1-3H3,(H,31,32)/t16-,17-,18-,19+,22+,25-,26+/m0/s1. The minimum absolute atomic E-state index is 0.0123. The fraction of sp³-hybridized carbons (Fsp3) is 0.630. The van der Waals surface area contributed by atoms with Gasteiger partial charge in [0.2, 0.25) is 5.91 Å². The largest absolute Gasteiger partial charge is 0.416 e. The second-order valence-corrected chi connectivity index (χ2v) is 11.6. The van der Waals surface area contributed by atoms with Crippen LogP contribution in [0.4, 0.5) is 13.2 Å². The average Bonchev–Trinajstić information content (AvgIpc) is 3.35. The van der Waals surface area contributed by atoms with E-state index in [1.54, 1.807) is 6.08 Å². The van der Waals surface area contributed by atoms with Crippen LogP contribution in [-0.2, 0) is 11.0 Å². The van der Waals surface area contributed by atoms with Crippen molar-refractivity contribution in [2.24, 2.45) is 28.6 Å². The number of nitrogens with one attached hydrogen (secondary N) is 1. The summed E-state index contributed by atoms with van der Waals surface area (Å²) in [5.74, 6) is 2.93. The molecule has 6 rings (SSSR count). The Hall–Kier alpha value is -2.31. The van der Waals surface area contributed by atoms with Gasteiger partial charge in [0.05, 0.1) is 16.6 Å². The number of rotatable bonds is 1. The number of aromatic amines is 1. The molecule has 182 valence electrons. The van der Waals surface area contributed by atoms with E-state index in [0.29, 0.717) is 28.8 Å². The summed E-state index contributed by atoms with van der Waals surface area (Å²) in [7, 11) is 1.94. The molecule has 34 heavy (non-hydrogen) atoms. The molecule has 7 heteroatoms. The lowest BCUT2D eigenvalue weighted by molar-refractivity contribution is -0.138. The van der Waals surface area contributed by atoms with Crippen molar-refractivity contribution >= 4 is 16.9 Å². The Bertz CT molecular complexity index is 1190. The van der Waals surface area contributed by atoms with Crippen molar-refractivity contribution in [3.8, 4) is 0 Å². The van der Waals surface area contributed by atoms with Gasteiger partial charge >= 0.3 is 6.18 Å². The van der Waals surface area contributed by atoms with Crippen LogP contribution in [0.3, 0.4) is 0 Å². The lowest BCUT2D eigenvalue weighted by Gasteiger charge is -2.60. The van der Waals surface area contributed by atoms with E-state index < -0.39 is 11.7 Å². The van der Waals surface area contributed by atoms with Crippen molar-refractivity contribution < 1.29 is 18.0 Å². The molecular weight excluding hydrogens is 439 g/mol. The van der Waals surface area contributed by atoms with Gasteiger partial charge < -0.3 is 9.88 Å². The number of carbonyl (C=O) groups is 1. The highest BCUT2D eigenvalue weighted by molar-refractivity contribution is 5.89. The lowest BCUT2D eigenvalue weighted by atomic mass is 9.47. The van der Waals surface area contributed by atoms with E-state index in [0.717, 1.165) is 50.4 Å². The van der Waals surface area contributed by atoms with Crippen LogP contribution < -0.4 is 0 Å². The third-order valence-corrected chi connectivity index (χ3v) is 10.3. The van der Waals surface area contributed by atoms with Gasteiger partial charge in [0.1, 0.15) is 5.82 Å². The maximum Gasteiger partial charge on any atom is 0.416 e. The number of imidazole rings is 1. The van der Waals surface area contributed by atoms with Crippen LogP contribution in [0.15, 0.2) is 30.4 Å². The molecule has 0 unspecified atom stereocenters. The molecule has 4 nitrogen and oxygen atoms in total. The number of halogens is 3. The van der Waals surface area contributed by atoms with Gasteiger partial charge in [-0.15, -0.1) is 0 Å². The van der Waals surface area contributed by atoms with Gasteiger partial charge in [-0.2, -0.15) is 13.2 Å². The number of alkyl halides is 3. The van der Waals surface area contributed by atoms with Crippen molar-refractivity contribution in [2.75, 3.05) is 7.05 Å². The van der Waals surface area contributed by atoms with Crippen LogP contribution in [0, 0.1) is 28.6 Å². The summed E-state index contributed by atoms with van der Waals surface area (Å²) in [6.45, 7) is 4.74. The number of benzene rings is 1. The number of aromatic nitrogens is 2. The number of nitrogens with zero attached hydrogens (tertiary/aromatic N) is 2. The molecule has 0 spiro atoms. The monoisotopic (exact) mass is 471 g/mol. The topological polar surface area (TPSA) is 49.0 Å². The van der Waals surface area contributed by atoms with Gasteiger partial charge in [-0.25, -0.2) is 4.98 Å². The van der Waals surface area contributed by atoms with E-state index in [9.17, 15) is 18.0 Å². The van der Waals surface area contributed by atoms with Gasteiger partial charge in [-0.05, 0) is 86.0 Å². The SMILES string of the molecule is CN1C(=O)C=C[C@]2(C)[C@H]3CC[C@]4(C)[C@@H](c5nc6ccc(C(F)(F)F)cc6[nH]5)CC[C@H]4[C@@H]3CC[C@@H]12. The number of hydrogen-bond donors (Lipinski definition) is 1. The summed E-state index contributed by atoms with van der Waals surface area (Å²) in [6.07, 6.45) is 6.14. The van der Waals surface area contributed by atoms with Gasteiger partial charge in [-0.3, -0.25) is 4.79 Å². The third kappa shape index (κ3) is 2.97. The van der Waals surface area contributed by atoms with Crippen molar-refractivity contribution in [3.63, 3.8) is 0 Å². The summed E-state index contributed by atoms with van der Waals surface area (Å²) >= 11 is 0. The summed E-state index contributed by atoms with van der Waals surface area (Å²) in [6, 6.07) is 4.06. The highest BCUT2D eigenvalue weighted by Gasteiger charge is 2.61. The molecule has 2 aromatic rings. The van der Waals surface area contributed by atoms with E-state index in [4.69, 9.17) is 4.98 Å². The van der Waals surface area contributed by atoms with Crippen LogP contribution in [0.25, 0.3) is 11.0 Å². The number of carbonyl (C=O) groups excluding carboxylic acids is 1. The maximum absolute atomic E-state index is 13.2. The molecule has 1 aromatic carbocycles. The first-order chi connectivity index (χ1) is 16.0. The van der Waals surface area contributed by atoms with Gasteiger partial charge in [-0.1, -0.05) is 19.9 Å². The zero-order valence-corrected chi connectivity index (χ0v) is 20.0. The van der Waals surface area contributed by atoms with Gasteiger partial charge in [0.25, 0.3) is 0 Å². The number of fused-ring (bicyclic) bond motifs is 6. The van der Waals surface area contributed by atoms with Crippen LogP contribution in [0.2, 0.25) is 0 Å². The molecule has 3 saturated carbocycles. The Labute approximate surface area is 198 Å². The Morgan fingerprint density at radius 3 is 2.65 bits per heavy atom. The Morgan fingerprint density at radius 1 is 1.09 bits per heavy atom. The van der Waals surface area contributed by atoms with E-state index in [-0.39, 0.29) is 28.7 Å². The van der Waals surface area contributed by atoms with Crippen molar-refractivity contribution in [1.29, 1.82) is 0 Å². The number of hydrogen-bond acceptors (Lipinski definition) is 2. The molecule has 1 aromatic heterocycles. The molecule has 1 amide bonds. The first-order valence-corrected chi connectivity index (χ1v) is 12.6. The Kier molecular flexibility index (Phi) is 4.64. The Balaban J connectivity index is 1.31. The molecule has 0 radical (unpaired) electrons. The molecule has 4 aliphatic rings. The Morgan fingerprint density at radius 2 is 1.88 bits per heavy atom. The molecule has 0 saturated heterocycles. The summed E-state index contributed by atoms with van der Waals surface area (Å²) in [5.41, 5.74) is 0.541. The minimum atomic E-state index is -4.36.